The van der Waals surface area contributed by atoms with Crippen molar-refractivity contribution in [2.75, 3.05) is 0 Å². The molecule has 0 aliphatic carbocycles. The second kappa shape index (κ2) is 6.23. The molecule has 6 nitrogen and oxygen atoms in total. The molecule has 0 aliphatic rings. The van der Waals surface area contributed by atoms with Crippen LogP contribution >= 0.6 is 11.6 Å². The SMILES string of the molecule is O=C(O)c1cccc(Cl)c1OCc1ccc([N+](=O)[O-])cc1. The van der Waals surface area contributed by atoms with Gasteiger partial charge in [0.2, 0.25) is 0 Å². The van der Waals surface area contributed by atoms with Gasteiger partial charge in [-0.2, -0.15) is 0 Å². The third-order valence-corrected chi connectivity index (χ3v) is 3.03. The van der Waals surface area contributed by atoms with Crippen LogP contribution in [0, 0.1) is 10.1 Å². The molecule has 0 bridgehead atoms. The smallest absolute Gasteiger partial charge is 0.339 e. The fourth-order valence-electron chi connectivity index (χ4n) is 1.69. The highest BCUT2D eigenvalue weighted by atomic mass is 35.5. The Labute approximate surface area is 124 Å². The van der Waals surface area contributed by atoms with Crippen LogP contribution in [0.15, 0.2) is 42.5 Å². The third-order valence-electron chi connectivity index (χ3n) is 2.73. The first-order valence-corrected chi connectivity index (χ1v) is 6.25. The van der Waals surface area contributed by atoms with E-state index in [4.69, 9.17) is 21.4 Å². The highest BCUT2D eigenvalue weighted by molar-refractivity contribution is 6.32. The van der Waals surface area contributed by atoms with Gasteiger partial charge in [-0.1, -0.05) is 17.7 Å². The van der Waals surface area contributed by atoms with Gasteiger partial charge >= 0.3 is 5.97 Å². The summed E-state index contributed by atoms with van der Waals surface area (Å²) in [6.45, 7) is 0.0575. The molecule has 0 fully saturated rings. The molecular formula is C14H10ClNO5. The lowest BCUT2D eigenvalue weighted by atomic mass is 10.2. The number of hydrogen-bond donors (Lipinski definition) is 1. The molecule has 0 amide bonds. The molecule has 0 radical (unpaired) electrons. The molecule has 21 heavy (non-hydrogen) atoms. The molecule has 2 rings (SSSR count). The van der Waals surface area contributed by atoms with Gasteiger partial charge in [-0.15, -0.1) is 0 Å². The molecule has 0 unspecified atom stereocenters. The van der Waals surface area contributed by atoms with Gasteiger partial charge < -0.3 is 9.84 Å². The van der Waals surface area contributed by atoms with Gasteiger partial charge in [0.25, 0.3) is 5.69 Å². The maximum Gasteiger partial charge on any atom is 0.339 e. The maximum atomic E-state index is 11.1. The van der Waals surface area contributed by atoms with Crippen LogP contribution in [0.4, 0.5) is 5.69 Å². The summed E-state index contributed by atoms with van der Waals surface area (Å²) < 4.78 is 5.43. The van der Waals surface area contributed by atoms with Crippen molar-refractivity contribution in [2.45, 2.75) is 6.61 Å². The van der Waals surface area contributed by atoms with Crippen molar-refractivity contribution in [3.8, 4) is 5.75 Å². The van der Waals surface area contributed by atoms with E-state index in [1.807, 2.05) is 0 Å². The quantitative estimate of drug-likeness (QED) is 0.674. The number of nitro groups is 1. The second-order valence-corrected chi connectivity index (χ2v) is 4.54. The number of para-hydroxylation sites is 1. The molecule has 0 spiro atoms. The Morgan fingerprint density at radius 3 is 2.48 bits per heavy atom. The first-order valence-electron chi connectivity index (χ1n) is 5.87. The molecule has 2 aromatic rings. The van der Waals surface area contributed by atoms with Crippen molar-refractivity contribution >= 4 is 23.3 Å². The first-order chi connectivity index (χ1) is 9.99. The van der Waals surface area contributed by atoms with Crippen LogP contribution in [-0.4, -0.2) is 16.0 Å². The van der Waals surface area contributed by atoms with Gasteiger partial charge in [-0.05, 0) is 29.8 Å². The summed E-state index contributed by atoms with van der Waals surface area (Å²) in [7, 11) is 0. The zero-order chi connectivity index (χ0) is 15.4. The maximum absolute atomic E-state index is 11.1. The largest absolute Gasteiger partial charge is 0.486 e. The van der Waals surface area contributed by atoms with Crippen molar-refractivity contribution < 1.29 is 19.6 Å². The lowest BCUT2D eigenvalue weighted by Gasteiger charge is -2.10. The van der Waals surface area contributed by atoms with Crippen LogP contribution < -0.4 is 4.74 Å². The molecule has 0 heterocycles. The highest BCUT2D eigenvalue weighted by Crippen LogP contribution is 2.29. The zero-order valence-electron chi connectivity index (χ0n) is 10.7. The van der Waals surface area contributed by atoms with Crippen LogP contribution in [0.5, 0.6) is 5.75 Å². The number of benzene rings is 2. The topological polar surface area (TPSA) is 89.7 Å². The predicted molar refractivity (Wildman–Crippen MR) is 75.8 cm³/mol. The average Bonchev–Trinajstić information content (AvgIpc) is 2.46. The normalized spacial score (nSPS) is 10.1. The van der Waals surface area contributed by atoms with Gasteiger partial charge in [0.1, 0.15) is 12.2 Å². The van der Waals surface area contributed by atoms with Crippen molar-refractivity contribution in [1.29, 1.82) is 0 Å². The third kappa shape index (κ3) is 3.49. The Hall–Kier alpha value is -2.60. The van der Waals surface area contributed by atoms with Crippen molar-refractivity contribution in [2.24, 2.45) is 0 Å². The summed E-state index contributed by atoms with van der Waals surface area (Å²) in [6.07, 6.45) is 0. The average molecular weight is 308 g/mol. The Bertz CT molecular complexity index is 684. The zero-order valence-corrected chi connectivity index (χ0v) is 11.4. The lowest BCUT2D eigenvalue weighted by molar-refractivity contribution is -0.384. The molecule has 1 N–H and O–H groups in total. The molecule has 0 saturated carbocycles. The number of ether oxygens (including phenoxy) is 1. The fraction of sp³-hybridized carbons (Fsp3) is 0.0714. The number of hydrogen-bond acceptors (Lipinski definition) is 4. The van der Waals surface area contributed by atoms with E-state index in [0.29, 0.717) is 5.56 Å². The Balaban J connectivity index is 2.16. The summed E-state index contributed by atoms with van der Waals surface area (Å²) in [4.78, 5) is 21.1. The summed E-state index contributed by atoms with van der Waals surface area (Å²) in [5, 5.41) is 19.8. The Morgan fingerprint density at radius 1 is 1.24 bits per heavy atom. The Morgan fingerprint density at radius 2 is 1.90 bits per heavy atom. The number of rotatable bonds is 5. The van der Waals surface area contributed by atoms with Crippen LogP contribution in [-0.2, 0) is 6.61 Å². The second-order valence-electron chi connectivity index (χ2n) is 4.13. The monoisotopic (exact) mass is 307 g/mol. The summed E-state index contributed by atoms with van der Waals surface area (Å²) in [5.74, 6) is -1.07. The number of non-ortho nitro benzene ring substituents is 1. The molecular weight excluding hydrogens is 298 g/mol. The summed E-state index contributed by atoms with van der Waals surface area (Å²) >= 11 is 5.93. The van der Waals surface area contributed by atoms with Crippen molar-refractivity contribution in [3.05, 3.63) is 68.7 Å². The van der Waals surface area contributed by atoms with Gasteiger partial charge in [-0.3, -0.25) is 10.1 Å². The molecule has 0 atom stereocenters. The molecule has 0 aromatic heterocycles. The van der Waals surface area contributed by atoms with Gasteiger partial charge in [0.05, 0.1) is 9.95 Å². The van der Waals surface area contributed by atoms with E-state index in [-0.39, 0.29) is 28.6 Å². The Kier molecular flexibility index (Phi) is 4.39. The number of halogens is 1. The van der Waals surface area contributed by atoms with Crippen LogP contribution in [0.2, 0.25) is 5.02 Å². The first kappa shape index (κ1) is 14.8. The number of aromatic carboxylic acids is 1. The van der Waals surface area contributed by atoms with E-state index in [2.05, 4.69) is 0 Å². The standard InChI is InChI=1S/C14H10ClNO5/c15-12-3-1-2-11(14(17)18)13(12)21-8-9-4-6-10(7-5-9)16(19)20/h1-7H,8H2,(H,17,18). The van der Waals surface area contributed by atoms with Crippen LogP contribution in [0.1, 0.15) is 15.9 Å². The minimum absolute atomic E-state index is 0.0253. The number of nitro benzene ring substituents is 1. The molecule has 108 valence electrons. The van der Waals surface area contributed by atoms with Gasteiger partial charge in [0, 0.05) is 12.1 Å². The minimum atomic E-state index is -1.14. The summed E-state index contributed by atoms with van der Waals surface area (Å²) in [5.41, 5.74) is 0.601. The minimum Gasteiger partial charge on any atom is -0.486 e. The number of carboxylic acid groups (broad SMARTS) is 1. The number of nitrogens with zero attached hydrogens (tertiary/aromatic N) is 1. The van der Waals surface area contributed by atoms with E-state index < -0.39 is 10.9 Å². The van der Waals surface area contributed by atoms with E-state index in [1.165, 1.54) is 42.5 Å². The predicted octanol–water partition coefficient (Wildman–Crippen LogP) is 3.53. The fourth-order valence-corrected chi connectivity index (χ4v) is 1.92. The number of carboxylic acids is 1. The van der Waals surface area contributed by atoms with E-state index in [0.717, 1.165) is 0 Å². The van der Waals surface area contributed by atoms with Gasteiger partial charge in [-0.25, -0.2) is 4.79 Å². The summed E-state index contributed by atoms with van der Waals surface area (Å²) in [6, 6.07) is 10.2. The molecule has 0 saturated heterocycles. The molecule has 7 heteroatoms. The van der Waals surface area contributed by atoms with E-state index in [1.54, 1.807) is 0 Å². The van der Waals surface area contributed by atoms with E-state index >= 15 is 0 Å². The molecule has 0 aliphatic heterocycles. The number of carbonyl (C=O) groups is 1. The van der Waals surface area contributed by atoms with Crippen molar-refractivity contribution in [3.63, 3.8) is 0 Å². The van der Waals surface area contributed by atoms with Crippen LogP contribution in [0.25, 0.3) is 0 Å². The van der Waals surface area contributed by atoms with Gasteiger partial charge in [0.15, 0.2) is 5.75 Å². The van der Waals surface area contributed by atoms with E-state index in [9.17, 15) is 14.9 Å². The molecule has 2 aromatic carbocycles. The van der Waals surface area contributed by atoms with Crippen LogP contribution in [0.3, 0.4) is 0 Å². The van der Waals surface area contributed by atoms with Crippen molar-refractivity contribution in [1.82, 2.24) is 0 Å². The lowest BCUT2D eigenvalue weighted by Crippen LogP contribution is -2.04. The highest BCUT2D eigenvalue weighted by Gasteiger charge is 2.14.